The zero-order valence-corrected chi connectivity index (χ0v) is 12.4. The highest BCUT2D eigenvalue weighted by atomic mass is 79.9. The van der Waals surface area contributed by atoms with E-state index in [1.54, 1.807) is 39.0 Å². The summed E-state index contributed by atoms with van der Waals surface area (Å²) in [6, 6.07) is 5.06. The van der Waals surface area contributed by atoms with Crippen LogP contribution in [0.2, 0.25) is 0 Å². The molecule has 0 bridgehead atoms. The van der Waals surface area contributed by atoms with Gasteiger partial charge in [-0.05, 0) is 38.5 Å². The Morgan fingerprint density at radius 2 is 2.00 bits per heavy atom. The molecular formula is C11H16BrNO3S. The van der Waals surface area contributed by atoms with Gasteiger partial charge in [-0.1, -0.05) is 22.0 Å². The van der Waals surface area contributed by atoms with Gasteiger partial charge in [-0.2, -0.15) is 0 Å². The van der Waals surface area contributed by atoms with Crippen molar-refractivity contribution in [1.82, 2.24) is 4.72 Å². The molecule has 0 atom stereocenters. The van der Waals surface area contributed by atoms with E-state index < -0.39 is 15.6 Å². The maximum atomic E-state index is 12.1. The van der Waals surface area contributed by atoms with Crippen molar-refractivity contribution in [2.45, 2.75) is 31.2 Å². The van der Waals surface area contributed by atoms with E-state index in [-0.39, 0.29) is 11.5 Å². The van der Waals surface area contributed by atoms with Crippen molar-refractivity contribution in [2.75, 3.05) is 6.61 Å². The smallest absolute Gasteiger partial charge is 0.241 e. The van der Waals surface area contributed by atoms with Crippen LogP contribution in [0.5, 0.6) is 0 Å². The predicted octanol–water partition coefficient (Wildman–Crippen LogP) is 1.81. The number of rotatable bonds is 4. The summed E-state index contributed by atoms with van der Waals surface area (Å²) in [5.41, 5.74) is -0.220. The molecule has 96 valence electrons. The van der Waals surface area contributed by atoms with Crippen LogP contribution >= 0.6 is 15.9 Å². The second-order valence-electron chi connectivity index (χ2n) is 4.56. The summed E-state index contributed by atoms with van der Waals surface area (Å²) in [7, 11) is -3.62. The molecular weight excluding hydrogens is 306 g/mol. The van der Waals surface area contributed by atoms with E-state index in [1.165, 1.54) is 0 Å². The van der Waals surface area contributed by atoms with E-state index >= 15 is 0 Å². The van der Waals surface area contributed by atoms with E-state index in [2.05, 4.69) is 20.7 Å². The molecule has 0 spiro atoms. The monoisotopic (exact) mass is 321 g/mol. The molecule has 4 nitrogen and oxygen atoms in total. The van der Waals surface area contributed by atoms with Gasteiger partial charge in [-0.15, -0.1) is 0 Å². The van der Waals surface area contributed by atoms with Gasteiger partial charge >= 0.3 is 0 Å². The number of hydrogen-bond donors (Lipinski definition) is 2. The highest BCUT2D eigenvalue weighted by Gasteiger charge is 2.26. The van der Waals surface area contributed by atoms with Crippen molar-refractivity contribution in [3.05, 3.63) is 28.2 Å². The lowest BCUT2D eigenvalue weighted by Crippen LogP contribution is -2.46. The highest BCUT2D eigenvalue weighted by molar-refractivity contribution is 9.10. The third-order valence-electron chi connectivity index (χ3n) is 2.25. The number of aryl methyl sites for hydroxylation is 1. The van der Waals surface area contributed by atoms with E-state index in [0.29, 0.717) is 10.0 Å². The SMILES string of the molecule is Cc1ccc(Br)cc1S(=O)(=O)NC(C)(C)CO. The molecule has 17 heavy (non-hydrogen) atoms. The Morgan fingerprint density at radius 3 is 2.53 bits per heavy atom. The van der Waals surface area contributed by atoms with Crippen LogP contribution in [0.25, 0.3) is 0 Å². The minimum atomic E-state index is -3.62. The van der Waals surface area contributed by atoms with E-state index in [9.17, 15) is 8.42 Å². The maximum Gasteiger partial charge on any atom is 0.241 e. The third kappa shape index (κ3) is 3.77. The Morgan fingerprint density at radius 1 is 1.41 bits per heavy atom. The lowest BCUT2D eigenvalue weighted by molar-refractivity contribution is 0.208. The Kier molecular flexibility index (Phi) is 4.35. The first-order valence-corrected chi connectivity index (χ1v) is 7.36. The fourth-order valence-corrected chi connectivity index (χ4v) is 3.50. The number of aliphatic hydroxyl groups excluding tert-OH is 1. The van der Waals surface area contributed by atoms with Crippen molar-refractivity contribution in [2.24, 2.45) is 0 Å². The molecule has 0 saturated carbocycles. The van der Waals surface area contributed by atoms with Crippen LogP contribution in [0.1, 0.15) is 19.4 Å². The molecule has 0 saturated heterocycles. The van der Waals surface area contributed by atoms with Crippen LogP contribution in [-0.4, -0.2) is 25.7 Å². The summed E-state index contributed by atoms with van der Waals surface area (Å²) in [6.45, 7) is 4.71. The van der Waals surface area contributed by atoms with Crippen molar-refractivity contribution in [3.8, 4) is 0 Å². The molecule has 0 heterocycles. The normalized spacial score (nSPS) is 12.8. The molecule has 1 aromatic carbocycles. The van der Waals surface area contributed by atoms with Gasteiger partial charge in [0.2, 0.25) is 10.0 Å². The zero-order valence-electron chi connectivity index (χ0n) is 9.99. The van der Waals surface area contributed by atoms with Gasteiger partial charge in [0.05, 0.1) is 17.0 Å². The number of hydrogen-bond acceptors (Lipinski definition) is 3. The second kappa shape index (κ2) is 5.06. The topological polar surface area (TPSA) is 66.4 Å². The second-order valence-corrected chi connectivity index (χ2v) is 7.12. The fourth-order valence-electron chi connectivity index (χ4n) is 1.31. The minimum absolute atomic E-state index is 0.216. The number of sulfonamides is 1. The lowest BCUT2D eigenvalue weighted by atomic mass is 10.1. The summed E-state index contributed by atoms with van der Waals surface area (Å²) >= 11 is 3.24. The summed E-state index contributed by atoms with van der Waals surface area (Å²) in [6.07, 6.45) is 0. The molecule has 0 radical (unpaired) electrons. The van der Waals surface area contributed by atoms with Gasteiger partial charge < -0.3 is 5.11 Å². The lowest BCUT2D eigenvalue weighted by Gasteiger charge is -2.23. The Labute approximate surface area is 110 Å². The van der Waals surface area contributed by atoms with Gasteiger partial charge in [-0.25, -0.2) is 13.1 Å². The summed E-state index contributed by atoms with van der Waals surface area (Å²) < 4.78 is 27.4. The Hall–Kier alpha value is -0.430. The van der Waals surface area contributed by atoms with Crippen LogP contribution < -0.4 is 4.72 Å². The van der Waals surface area contributed by atoms with Gasteiger partial charge in [-0.3, -0.25) is 0 Å². The average molecular weight is 322 g/mol. The molecule has 0 aliphatic heterocycles. The zero-order chi connectivity index (χ0) is 13.3. The predicted molar refractivity (Wildman–Crippen MR) is 70.4 cm³/mol. The summed E-state index contributed by atoms with van der Waals surface area (Å²) in [5.74, 6) is 0. The first-order valence-electron chi connectivity index (χ1n) is 5.09. The molecule has 0 amide bonds. The van der Waals surface area contributed by atoms with Crippen LogP contribution in [0.15, 0.2) is 27.6 Å². The van der Waals surface area contributed by atoms with Gasteiger partial charge in [0.1, 0.15) is 0 Å². The number of benzene rings is 1. The molecule has 0 aromatic heterocycles. The van der Waals surface area contributed by atoms with Gasteiger partial charge in [0, 0.05) is 4.47 Å². The molecule has 0 aliphatic carbocycles. The quantitative estimate of drug-likeness (QED) is 0.888. The van der Waals surface area contributed by atoms with E-state index in [4.69, 9.17) is 5.11 Å². The molecule has 1 aromatic rings. The first-order chi connectivity index (χ1) is 7.68. The van der Waals surface area contributed by atoms with Crippen LogP contribution in [-0.2, 0) is 10.0 Å². The first kappa shape index (κ1) is 14.6. The highest BCUT2D eigenvalue weighted by Crippen LogP contribution is 2.21. The maximum absolute atomic E-state index is 12.1. The average Bonchev–Trinajstić information content (AvgIpc) is 2.20. The molecule has 0 unspecified atom stereocenters. The molecule has 1 rings (SSSR count). The molecule has 0 fully saturated rings. The number of aliphatic hydroxyl groups is 1. The van der Waals surface area contributed by atoms with Crippen LogP contribution in [0.4, 0.5) is 0 Å². The summed E-state index contributed by atoms with van der Waals surface area (Å²) in [5, 5.41) is 9.09. The van der Waals surface area contributed by atoms with Crippen LogP contribution in [0, 0.1) is 6.92 Å². The van der Waals surface area contributed by atoms with Gasteiger partial charge in [0.25, 0.3) is 0 Å². The minimum Gasteiger partial charge on any atom is -0.394 e. The van der Waals surface area contributed by atoms with E-state index in [1.807, 2.05) is 0 Å². The van der Waals surface area contributed by atoms with Crippen molar-refractivity contribution >= 4 is 26.0 Å². The Balaban J connectivity index is 3.18. The van der Waals surface area contributed by atoms with Crippen molar-refractivity contribution in [3.63, 3.8) is 0 Å². The standard InChI is InChI=1S/C11H16BrNO3S/c1-8-4-5-9(12)6-10(8)17(15,16)13-11(2,3)7-14/h4-6,13-14H,7H2,1-3H3. The number of halogens is 1. The molecule has 0 aliphatic rings. The largest absolute Gasteiger partial charge is 0.394 e. The third-order valence-corrected chi connectivity index (χ3v) is 4.58. The Bertz CT molecular complexity index is 511. The molecule has 6 heteroatoms. The van der Waals surface area contributed by atoms with Gasteiger partial charge in [0.15, 0.2) is 0 Å². The van der Waals surface area contributed by atoms with Crippen molar-refractivity contribution < 1.29 is 13.5 Å². The van der Waals surface area contributed by atoms with Crippen LogP contribution in [0.3, 0.4) is 0 Å². The number of nitrogens with one attached hydrogen (secondary N) is 1. The van der Waals surface area contributed by atoms with Crippen molar-refractivity contribution in [1.29, 1.82) is 0 Å². The fraction of sp³-hybridized carbons (Fsp3) is 0.455. The summed E-state index contributed by atoms with van der Waals surface area (Å²) in [4.78, 5) is 0.216. The van der Waals surface area contributed by atoms with E-state index in [0.717, 1.165) is 0 Å². The molecule has 2 N–H and O–H groups in total.